The summed E-state index contributed by atoms with van der Waals surface area (Å²) in [6, 6.07) is 7.48. The Labute approximate surface area is 185 Å². The van der Waals surface area contributed by atoms with Crippen LogP contribution in [0.4, 0.5) is 0 Å². The van der Waals surface area contributed by atoms with E-state index < -0.39 is 0 Å². The van der Waals surface area contributed by atoms with E-state index in [1.807, 2.05) is 24.3 Å². The first-order valence-corrected chi connectivity index (χ1v) is 9.69. The molecule has 2 rings (SSSR count). The molecule has 0 unspecified atom stereocenters. The van der Waals surface area contributed by atoms with E-state index >= 15 is 0 Å². The van der Waals surface area contributed by atoms with E-state index in [4.69, 9.17) is 9.47 Å². The van der Waals surface area contributed by atoms with Crippen LogP contribution >= 0.6 is 24.0 Å². The average Bonchev–Trinajstić information content (AvgIpc) is 3.20. The lowest BCUT2D eigenvalue weighted by molar-refractivity contribution is -0.121. The molecule has 3 N–H and O–H groups in total. The number of nitrogens with zero attached hydrogens (tertiary/aromatic N) is 1. The molecule has 1 amide bonds. The minimum atomic E-state index is 0. The van der Waals surface area contributed by atoms with Crippen LogP contribution in [0.25, 0.3) is 0 Å². The lowest BCUT2D eigenvalue weighted by Gasteiger charge is -2.13. The Hall–Kier alpha value is -1.71. The van der Waals surface area contributed by atoms with Crippen molar-refractivity contribution < 1.29 is 14.3 Å². The Kier molecular flexibility index (Phi) is 12.4. The predicted molar refractivity (Wildman–Crippen MR) is 123 cm³/mol. The number of guanidine groups is 1. The molecule has 0 aliphatic heterocycles. The summed E-state index contributed by atoms with van der Waals surface area (Å²) >= 11 is 0. The molecule has 0 bridgehead atoms. The minimum absolute atomic E-state index is 0. The van der Waals surface area contributed by atoms with E-state index in [0.29, 0.717) is 44.5 Å². The van der Waals surface area contributed by atoms with Crippen molar-refractivity contribution in [3.8, 4) is 11.5 Å². The van der Waals surface area contributed by atoms with Crippen molar-refractivity contribution in [2.45, 2.75) is 32.1 Å². The van der Waals surface area contributed by atoms with Crippen LogP contribution in [0, 0.1) is 5.92 Å². The molecule has 1 aliphatic rings. The molecule has 0 heterocycles. The standard InChI is InChI=1S/C20H32N4O3.HI/c1-21-20(23-12-11-22-19(25)15-16-5-3-4-6-16)24-13-14-27-18-9-7-17(26-2)8-10-18;/h7-10,16H,3-6,11-15H2,1-2H3,(H,22,25)(H2,21,23,24);1H. The zero-order chi connectivity index (χ0) is 19.3. The summed E-state index contributed by atoms with van der Waals surface area (Å²) in [5, 5.41) is 9.34. The van der Waals surface area contributed by atoms with E-state index in [1.54, 1.807) is 14.2 Å². The molecular formula is C20H33IN4O3. The number of ether oxygens (including phenoxy) is 2. The van der Waals surface area contributed by atoms with Crippen molar-refractivity contribution in [1.29, 1.82) is 0 Å². The van der Waals surface area contributed by atoms with E-state index in [2.05, 4.69) is 20.9 Å². The highest BCUT2D eigenvalue weighted by molar-refractivity contribution is 14.0. The number of nitrogens with one attached hydrogen (secondary N) is 3. The number of methoxy groups -OCH3 is 1. The van der Waals surface area contributed by atoms with Crippen molar-refractivity contribution >= 4 is 35.8 Å². The van der Waals surface area contributed by atoms with Gasteiger partial charge in [0.05, 0.1) is 13.7 Å². The summed E-state index contributed by atoms with van der Waals surface area (Å²) in [6.07, 6.45) is 5.59. The molecule has 1 aromatic carbocycles. The molecule has 158 valence electrons. The molecule has 28 heavy (non-hydrogen) atoms. The first-order valence-electron chi connectivity index (χ1n) is 9.69. The van der Waals surface area contributed by atoms with Gasteiger partial charge in [0.1, 0.15) is 18.1 Å². The van der Waals surface area contributed by atoms with Crippen LogP contribution in [0.3, 0.4) is 0 Å². The summed E-state index contributed by atoms with van der Waals surface area (Å²) in [7, 11) is 3.36. The highest BCUT2D eigenvalue weighted by Crippen LogP contribution is 2.27. The van der Waals surface area contributed by atoms with Crippen molar-refractivity contribution in [1.82, 2.24) is 16.0 Å². The van der Waals surface area contributed by atoms with E-state index in [9.17, 15) is 4.79 Å². The van der Waals surface area contributed by atoms with E-state index in [1.165, 1.54) is 25.7 Å². The Bertz CT molecular complexity index is 590. The third-order valence-electron chi connectivity index (χ3n) is 4.63. The first-order chi connectivity index (χ1) is 13.2. The van der Waals surface area contributed by atoms with Gasteiger partial charge >= 0.3 is 0 Å². The predicted octanol–water partition coefficient (Wildman–Crippen LogP) is 2.55. The smallest absolute Gasteiger partial charge is 0.220 e. The summed E-state index contributed by atoms with van der Waals surface area (Å²) in [5.74, 6) is 3.03. The SMILES string of the molecule is CN=C(NCCNC(=O)CC1CCCC1)NCCOc1ccc(OC)cc1.I. The molecule has 1 aromatic rings. The second-order valence-electron chi connectivity index (χ2n) is 6.65. The lowest BCUT2D eigenvalue weighted by Crippen LogP contribution is -2.42. The van der Waals surface area contributed by atoms with Gasteiger partial charge < -0.3 is 25.4 Å². The molecule has 0 saturated heterocycles. The average molecular weight is 504 g/mol. The van der Waals surface area contributed by atoms with Crippen LogP contribution in [0.15, 0.2) is 29.3 Å². The topological polar surface area (TPSA) is 84.0 Å². The van der Waals surface area contributed by atoms with Crippen LogP contribution in [0.5, 0.6) is 11.5 Å². The van der Waals surface area contributed by atoms with E-state index in [-0.39, 0.29) is 29.9 Å². The molecular weight excluding hydrogens is 471 g/mol. The van der Waals surface area contributed by atoms with Crippen LogP contribution in [0.1, 0.15) is 32.1 Å². The summed E-state index contributed by atoms with van der Waals surface area (Å²) in [4.78, 5) is 16.1. The maximum Gasteiger partial charge on any atom is 0.220 e. The summed E-state index contributed by atoms with van der Waals surface area (Å²) in [6.45, 7) is 2.37. The fraction of sp³-hybridized carbons (Fsp3) is 0.600. The number of amides is 1. The number of hydrogen-bond acceptors (Lipinski definition) is 4. The van der Waals surface area contributed by atoms with Crippen molar-refractivity contribution in [2.24, 2.45) is 10.9 Å². The number of halogens is 1. The Morgan fingerprint density at radius 2 is 1.64 bits per heavy atom. The number of hydrogen-bond donors (Lipinski definition) is 3. The zero-order valence-corrected chi connectivity index (χ0v) is 19.2. The fourth-order valence-electron chi connectivity index (χ4n) is 3.16. The van der Waals surface area contributed by atoms with Gasteiger partial charge in [-0.15, -0.1) is 24.0 Å². The number of benzene rings is 1. The highest BCUT2D eigenvalue weighted by atomic mass is 127. The van der Waals surface area contributed by atoms with Gasteiger partial charge in [-0.2, -0.15) is 0 Å². The van der Waals surface area contributed by atoms with Gasteiger partial charge in [0.15, 0.2) is 5.96 Å². The first kappa shape index (κ1) is 24.3. The number of aliphatic imine (C=N–C) groups is 1. The molecule has 1 saturated carbocycles. The maximum absolute atomic E-state index is 11.9. The van der Waals surface area contributed by atoms with Crippen LogP contribution in [-0.4, -0.2) is 52.3 Å². The van der Waals surface area contributed by atoms with E-state index in [0.717, 1.165) is 11.5 Å². The summed E-state index contributed by atoms with van der Waals surface area (Å²) in [5.41, 5.74) is 0. The van der Waals surface area contributed by atoms with Gasteiger partial charge in [-0.1, -0.05) is 12.8 Å². The Morgan fingerprint density at radius 3 is 2.29 bits per heavy atom. The van der Waals surface area contributed by atoms with Gasteiger partial charge in [-0.3, -0.25) is 9.79 Å². The highest BCUT2D eigenvalue weighted by Gasteiger charge is 2.17. The fourth-order valence-corrected chi connectivity index (χ4v) is 3.16. The Balaban J connectivity index is 0.00000392. The second kappa shape index (κ2) is 14.3. The van der Waals surface area contributed by atoms with Gasteiger partial charge in [-0.05, 0) is 43.0 Å². The number of carbonyl (C=O) groups excluding carboxylic acids is 1. The molecule has 0 aromatic heterocycles. The minimum Gasteiger partial charge on any atom is -0.497 e. The van der Waals surface area contributed by atoms with Crippen LogP contribution in [-0.2, 0) is 4.79 Å². The molecule has 7 nitrogen and oxygen atoms in total. The van der Waals surface area contributed by atoms with Crippen molar-refractivity contribution in [3.63, 3.8) is 0 Å². The maximum atomic E-state index is 11.9. The van der Waals surface area contributed by atoms with Crippen molar-refractivity contribution in [2.75, 3.05) is 40.4 Å². The molecule has 1 fully saturated rings. The zero-order valence-electron chi connectivity index (χ0n) is 16.8. The molecule has 8 heteroatoms. The second-order valence-corrected chi connectivity index (χ2v) is 6.65. The quantitative estimate of drug-likeness (QED) is 0.198. The van der Waals surface area contributed by atoms with Gasteiger partial charge in [0.25, 0.3) is 0 Å². The third-order valence-corrected chi connectivity index (χ3v) is 4.63. The Morgan fingerprint density at radius 1 is 1.04 bits per heavy atom. The molecule has 0 spiro atoms. The van der Waals surface area contributed by atoms with Crippen LogP contribution < -0.4 is 25.4 Å². The van der Waals surface area contributed by atoms with Gasteiger partial charge in [-0.25, -0.2) is 0 Å². The summed E-state index contributed by atoms with van der Waals surface area (Å²) < 4.78 is 10.8. The van der Waals surface area contributed by atoms with Gasteiger partial charge in [0, 0.05) is 26.6 Å². The molecule has 1 aliphatic carbocycles. The normalized spacial score (nSPS) is 14.1. The molecule has 0 atom stereocenters. The van der Waals surface area contributed by atoms with Crippen LogP contribution in [0.2, 0.25) is 0 Å². The lowest BCUT2D eigenvalue weighted by atomic mass is 10.0. The van der Waals surface area contributed by atoms with Gasteiger partial charge in [0.2, 0.25) is 5.91 Å². The third kappa shape index (κ3) is 9.48. The van der Waals surface area contributed by atoms with Crippen molar-refractivity contribution in [3.05, 3.63) is 24.3 Å². The number of carbonyl (C=O) groups is 1. The molecule has 0 radical (unpaired) electrons. The largest absolute Gasteiger partial charge is 0.497 e. The monoisotopic (exact) mass is 504 g/mol. The number of rotatable bonds is 10.